The summed E-state index contributed by atoms with van der Waals surface area (Å²) in [6.07, 6.45) is 14.3. The molecular weight excluding hydrogens is 1630 g/mol. The van der Waals surface area contributed by atoms with Crippen molar-refractivity contribution in [2.75, 3.05) is 21.3 Å². The molecule has 20 aromatic rings. The Morgan fingerprint density at radius 1 is 0.344 bits per heavy atom. The van der Waals surface area contributed by atoms with Crippen LogP contribution in [0.5, 0.6) is 0 Å². The molecule has 0 saturated carbocycles. The van der Waals surface area contributed by atoms with Crippen LogP contribution >= 0.6 is 23.2 Å². The van der Waals surface area contributed by atoms with Gasteiger partial charge < -0.3 is 41.2 Å². The third-order valence-electron chi connectivity index (χ3n) is 21.3. The molecular formula is C94H77Cl2F4N21O4. The minimum absolute atomic E-state index is 0. The lowest BCUT2D eigenvalue weighted by Crippen LogP contribution is -2.27. The summed E-state index contributed by atoms with van der Waals surface area (Å²) < 4.78 is 63.7. The molecule has 0 amide bonds. The van der Waals surface area contributed by atoms with E-state index in [0.29, 0.717) is 108 Å². The van der Waals surface area contributed by atoms with Crippen molar-refractivity contribution in [2.45, 2.75) is 72.1 Å². The first-order chi connectivity index (χ1) is 60.4. The van der Waals surface area contributed by atoms with E-state index in [1.807, 2.05) is 191 Å². The molecule has 12 aromatic heterocycles. The van der Waals surface area contributed by atoms with Crippen LogP contribution in [0, 0.1) is 23.3 Å². The molecule has 0 aliphatic carbocycles. The zero-order chi connectivity index (χ0) is 85.8. The van der Waals surface area contributed by atoms with Gasteiger partial charge in [0.05, 0.1) is 97.6 Å². The molecule has 4 atom stereocenters. The first-order valence-corrected chi connectivity index (χ1v) is 40.2. The van der Waals surface area contributed by atoms with E-state index in [2.05, 4.69) is 86.1 Å². The van der Waals surface area contributed by atoms with Gasteiger partial charge in [-0.15, -0.1) is 0 Å². The number of para-hydroxylation sites is 4. The Labute approximate surface area is 718 Å². The van der Waals surface area contributed by atoms with E-state index in [1.54, 1.807) is 94.0 Å². The summed E-state index contributed by atoms with van der Waals surface area (Å²) >= 11 is 12.4. The monoisotopic (exact) mass is 1710 g/mol. The number of hydrogen-bond acceptors (Lipinski definition) is 17. The van der Waals surface area contributed by atoms with E-state index in [-0.39, 0.29) is 79.9 Å². The van der Waals surface area contributed by atoms with Gasteiger partial charge in [-0.05, 0) is 163 Å². The Morgan fingerprint density at radius 2 is 0.680 bits per heavy atom. The van der Waals surface area contributed by atoms with Gasteiger partial charge in [0, 0.05) is 64.1 Å². The van der Waals surface area contributed by atoms with E-state index in [1.165, 1.54) is 35.2 Å². The van der Waals surface area contributed by atoms with E-state index in [0.717, 1.165) is 39.0 Å². The highest BCUT2D eigenvalue weighted by Crippen LogP contribution is 2.36. The predicted octanol–water partition coefficient (Wildman–Crippen LogP) is 20.4. The predicted molar refractivity (Wildman–Crippen MR) is 485 cm³/mol. The van der Waals surface area contributed by atoms with Crippen LogP contribution in [0.3, 0.4) is 0 Å². The molecule has 0 unspecified atom stereocenters. The zero-order valence-electron chi connectivity index (χ0n) is 66.4. The number of nitrogens with zero attached hydrogens (tertiary/aromatic N) is 13. The largest absolute Gasteiger partial charge is 0.360 e. The van der Waals surface area contributed by atoms with Crippen molar-refractivity contribution in [1.29, 1.82) is 0 Å². The minimum atomic E-state index is -0.632. The quantitative estimate of drug-likeness (QED) is 0.0370. The maximum atomic E-state index is 14.6. The Kier molecular flexibility index (Phi) is 24.0. The van der Waals surface area contributed by atoms with Gasteiger partial charge in [0.25, 0.3) is 22.2 Å². The van der Waals surface area contributed by atoms with Crippen molar-refractivity contribution in [3.63, 3.8) is 0 Å². The SMILES string of the molecule is C.CC[C@@H](Nc1nccc2[nH]cnc12)c1cc2cccc(F)c2c(=O)n1-c1ccccc1.CC[C@H](Nc1nccc2[nH]cnc12)c1cc2cccc(F)c2c(=O)n1-c1ccccc1.C[C@@H](Nc1ncnc2nc[nH]c12)c1cc2ccc(F)c(Cl)c2c(=O)n1-c1ccccc1.C[C@H](Nc1nccc2[nH]cnc12)c1cc2ccc(F)c(Cl)c2c(=O)n1-c1ccccc1. The van der Waals surface area contributed by atoms with Crippen LogP contribution in [0.1, 0.15) is 94.9 Å². The fourth-order valence-corrected chi connectivity index (χ4v) is 15.9. The van der Waals surface area contributed by atoms with Crippen LogP contribution in [0.15, 0.2) is 294 Å². The van der Waals surface area contributed by atoms with Gasteiger partial charge in [0.1, 0.15) is 51.7 Å². The summed E-state index contributed by atoms with van der Waals surface area (Å²) in [5.74, 6) is 0.0841. The highest BCUT2D eigenvalue weighted by molar-refractivity contribution is 6.36. The molecule has 624 valence electrons. The van der Waals surface area contributed by atoms with E-state index in [4.69, 9.17) is 23.2 Å². The van der Waals surface area contributed by atoms with Crippen LogP contribution in [0.4, 0.5) is 40.8 Å². The van der Waals surface area contributed by atoms with Crippen LogP contribution in [-0.4, -0.2) is 83.1 Å². The Balaban J connectivity index is 0.000000123. The summed E-state index contributed by atoms with van der Waals surface area (Å²) in [6, 6.07) is 63.8. The normalized spacial score (nSPS) is 12.2. The number of halogens is 6. The van der Waals surface area contributed by atoms with Gasteiger partial charge in [-0.25, -0.2) is 62.4 Å². The van der Waals surface area contributed by atoms with Crippen LogP contribution < -0.4 is 43.5 Å². The second-order valence-corrected chi connectivity index (χ2v) is 29.6. The number of imidazole rings is 4. The molecule has 8 aromatic carbocycles. The fourth-order valence-electron chi connectivity index (χ4n) is 15.4. The molecule has 0 radical (unpaired) electrons. The summed E-state index contributed by atoms with van der Waals surface area (Å²) in [5, 5.41) is 15.9. The number of H-pyrrole nitrogens is 4. The summed E-state index contributed by atoms with van der Waals surface area (Å²) in [4.78, 5) is 105. The lowest BCUT2D eigenvalue weighted by Gasteiger charge is -2.23. The number of nitrogens with one attached hydrogen (secondary N) is 8. The smallest absolute Gasteiger partial charge is 0.266 e. The van der Waals surface area contributed by atoms with E-state index < -0.39 is 28.8 Å². The van der Waals surface area contributed by atoms with Crippen molar-refractivity contribution < 1.29 is 17.6 Å². The number of benzene rings is 8. The number of rotatable bonds is 18. The first-order valence-electron chi connectivity index (χ1n) is 39.4. The van der Waals surface area contributed by atoms with Crippen molar-refractivity contribution in [3.05, 3.63) is 372 Å². The molecule has 8 N–H and O–H groups in total. The molecule has 0 spiro atoms. The Bertz CT molecular complexity index is 7120. The number of hydrogen-bond donors (Lipinski definition) is 8. The molecule has 0 aliphatic heterocycles. The highest BCUT2D eigenvalue weighted by atomic mass is 35.5. The standard InChI is InChI=1S/2C24H20FN5O.C23H17ClFN5O.C22H16ClFN6O.CH4/c2*1-2-18(29-23-22-19(11-12-26-23)27-14-28-22)20-13-15-7-6-10-17(25)21(15)24(31)30(20)16-8-4-3-5-9-16;1-13(29-22-21-17(9-10-26-22)27-12-28-21)18-11-14-7-8-16(25)20(24)19(14)23(31)30(18)15-5-3-2-4-6-15;1-12(29-21-19-20(26-10-25-19)27-11-28-21)16-9-13-7-8-15(24)18(23)17(13)22(31)30(16)14-5-3-2-4-6-14;/h2*3-14,18H,2H2,1H3,(H,26,29)(H,27,28);2-13H,1H3,(H,26,29)(H,27,28);2-12H,1H3,(H2,25,26,27,28,29);1H4/t2*18-;13-;12-;/m1001./s1. The average molecular weight is 1710 g/mol. The second-order valence-electron chi connectivity index (χ2n) is 28.9. The molecule has 20 rings (SSSR count). The third-order valence-corrected chi connectivity index (χ3v) is 22.0. The van der Waals surface area contributed by atoms with Crippen molar-refractivity contribution in [1.82, 2.24) is 83.1 Å². The molecule has 31 heteroatoms. The van der Waals surface area contributed by atoms with Gasteiger partial charge in [-0.1, -0.05) is 154 Å². The van der Waals surface area contributed by atoms with Gasteiger partial charge in [-0.2, -0.15) is 0 Å². The Hall–Kier alpha value is -15.5. The maximum Gasteiger partial charge on any atom is 0.266 e. The number of pyridine rings is 7. The van der Waals surface area contributed by atoms with Crippen molar-refractivity contribution >= 4 is 134 Å². The van der Waals surface area contributed by atoms with Crippen molar-refractivity contribution in [3.8, 4) is 22.7 Å². The third kappa shape index (κ3) is 16.3. The van der Waals surface area contributed by atoms with Gasteiger partial charge in [0.2, 0.25) is 0 Å². The number of anilines is 4. The molecule has 12 heterocycles. The van der Waals surface area contributed by atoms with E-state index in [9.17, 15) is 36.7 Å². The number of aromatic nitrogens is 17. The summed E-state index contributed by atoms with van der Waals surface area (Å²) in [7, 11) is 0. The maximum absolute atomic E-state index is 14.6. The van der Waals surface area contributed by atoms with Gasteiger partial charge >= 0.3 is 0 Å². The van der Waals surface area contributed by atoms with E-state index >= 15 is 0 Å². The Morgan fingerprint density at radius 3 is 1.06 bits per heavy atom. The van der Waals surface area contributed by atoms with Crippen LogP contribution in [-0.2, 0) is 0 Å². The molecule has 0 saturated heterocycles. The van der Waals surface area contributed by atoms with Crippen LogP contribution in [0.25, 0.3) is 110 Å². The van der Waals surface area contributed by atoms with Crippen molar-refractivity contribution in [2.24, 2.45) is 0 Å². The summed E-state index contributed by atoms with van der Waals surface area (Å²) in [6.45, 7) is 7.89. The van der Waals surface area contributed by atoms with Crippen LogP contribution in [0.2, 0.25) is 10.0 Å². The highest BCUT2D eigenvalue weighted by Gasteiger charge is 2.27. The molecule has 25 nitrogen and oxygen atoms in total. The second kappa shape index (κ2) is 36.1. The number of aromatic amines is 4. The molecule has 0 bridgehead atoms. The average Bonchev–Trinajstić information content (AvgIpc) is 1.65. The fraction of sp³-hybridized carbons (Fsp3) is 0.117. The minimum Gasteiger partial charge on any atom is -0.360 e. The van der Waals surface area contributed by atoms with Gasteiger partial charge in [-0.3, -0.25) is 37.4 Å². The molecule has 0 aliphatic rings. The first kappa shape index (κ1) is 83.2. The number of fused-ring (bicyclic) bond motifs is 8. The molecule has 125 heavy (non-hydrogen) atoms. The lowest BCUT2D eigenvalue weighted by atomic mass is 10.0. The summed E-state index contributed by atoms with van der Waals surface area (Å²) in [5.41, 5.74) is 9.84. The topological polar surface area (TPSA) is 315 Å². The van der Waals surface area contributed by atoms with Gasteiger partial charge in [0.15, 0.2) is 28.9 Å². The zero-order valence-corrected chi connectivity index (χ0v) is 67.9. The lowest BCUT2D eigenvalue weighted by molar-refractivity contribution is 0.629. The molecule has 0 fully saturated rings.